The van der Waals surface area contributed by atoms with E-state index in [-0.39, 0.29) is 49.2 Å². The molecule has 0 bridgehead atoms. The van der Waals surface area contributed by atoms with E-state index in [1.165, 1.54) is 3.97 Å². The van der Waals surface area contributed by atoms with Gasteiger partial charge in [0.25, 0.3) is 18.3 Å². The summed E-state index contributed by atoms with van der Waals surface area (Å²) in [5, 5.41) is 15.6. The fourth-order valence-electron chi connectivity index (χ4n) is 9.97. The van der Waals surface area contributed by atoms with E-state index in [0.29, 0.717) is 5.52 Å². The molecule has 7 aromatic carbocycles. The number of aliphatic hydroxyl groups is 1. The molecule has 1 aliphatic heterocycles. The van der Waals surface area contributed by atoms with Crippen molar-refractivity contribution in [3.05, 3.63) is 235 Å². The van der Waals surface area contributed by atoms with Crippen molar-refractivity contribution < 1.29 is 36.9 Å². The van der Waals surface area contributed by atoms with E-state index < -0.39 is 48.5 Å². The van der Waals surface area contributed by atoms with Crippen LogP contribution in [0.3, 0.4) is 0 Å². The number of nitrogens with zero attached hydrogens (tertiary/aromatic N) is 1. The molecule has 360 valence electrons. The Labute approximate surface area is 413 Å². The molecule has 9 rings (SSSR count). The van der Waals surface area contributed by atoms with Crippen LogP contribution in [-0.2, 0) is 59.6 Å². The minimum absolute atomic E-state index is 0.0641. The van der Waals surface area contributed by atoms with E-state index in [1.54, 1.807) is 36.5 Å². The monoisotopic (exact) mass is 971 g/mol. The first-order valence-corrected chi connectivity index (χ1v) is 27.3. The molecule has 0 aliphatic carbocycles. The molecule has 1 N–H and O–H groups in total. The third-order valence-electron chi connectivity index (χ3n) is 13.5. The molecule has 2 heterocycles. The highest BCUT2D eigenvalue weighted by atomic mass is 32.2. The number of para-hydroxylation sites is 1. The summed E-state index contributed by atoms with van der Waals surface area (Å²) in [6.07, 6.45) is -2.05. The molecule has 0 saturated carbocycles. The molecular weight excluding hydrogens is 911 g/mol. The van der Waals surface area contributed by atoms with Crippen LogP contribution in [-0.4, -0.2) is 62.6 Å². The average molecular weight is 972 g/mol. The lowest BCUT2D eigenvalue weighted by Gasteiger charge is -2.53. The first kappa shape index (κ1) is 49.0. The van der Waals surface area contributed by atoms with Crippen LogP contribution in [0.4, 0.5) is 0 Å². The predicted octanol–water partition coefficient (Wildman–Crippen LogP) is 10.2. The van der Waals surface area contributed by atoms with E-state index >= 15 is 0 Å². The summed E-state index contributed by atoms with van der Waals surface area (Å²) in [5.41, 5.74) is 2.50. The highest BCUT2D eigenvalue weighted by Crippen LogP contribution is 2.43. The van der Waals surface area contributed by atoms with Crippen molar-refractivity contribution in [3.8, 4) is 0 Å². The summed E-state index contributed by atoms with van der Waals surface area (Å²) in [5.74, 6) is 0. The van der Waals surface area contributed by atoms with Gasteiger partial charge in [0.15, 0.2) is 6.29 Å². The molecular formula is C59H61NO8SSi. The number of benzene rings is 7. The summed E-state index contributed by atoms with van der Waals surface area (Å²) in [4.78, 5) is 0.181. The zero-order chi connectivity index (χ0) is 48.6. The number of aromatic nitrogens is 1. The van der Waals surface area contributed by atoms with Crippen LogP contribution in [0.25, 0.3) is 10.9 Å². The molecule has 70 heavy (non-hydrogen) atoms. The fourth-order valence-corrected chi connectivity index (χ4v) is 15.9. The Morgan fingerprint density at radius 2 is 1.09 bits per heavy atom. The number of hydrogen-bond acceptors (Lipinski definition) is 8. The van der Waals surface area contributed by atoms with Crippen LogP contribution in [0, 0.1) is 0 Å². The van der Waals surface area contributed by atoms with E-state index in [4.69, 9.17) is 23.4 Å². The van der Waals surface area contributed by atoms with Crippen molar-refractivity contribution in [3.63, 3.8) is 0 Å². The molecule has 0 amide bonds. The lowest BCUT2D eigenvalue weighted by Crippen LogP contribution is -2.71. The minimum atomic E-state index is -3.97. The van der Waals surface area contributed by atoms with Crippen molar-refractivity contribution in [1.29, 1.82) is 0 Å². The molecule has 0 unspecified atom stereocenters. The van der Waals surface area contributed by atoms with Crippen LogP contribution in [0.1, 0.15) is 49.4 Å². The van der Waals surface area contributed by atoms with Crippen LogP contribution in [0.5, 0.6) is 0 Å². The summed E-state index contributed by atoms with van der Waals surface area (Å²) >= 11 is 0. The van der Waals surface area contributed by atoms with Crippen LogP contribution in [0.15, 0.2) is 217 Å². The van der Waals surface area contributed by atoms with Crippen LogP contribution in [0.2, 0.25) is 5.04 Å². The Hall–Kier alpha value is -5.99. The Bertz CT molecular complexity index is 2970. The molecule has 0 radical (unpaired) electrons. The first-order valence-electron chi connectivity index (χ1n) is 24.0. The third-order valence-corrected chi connectivity index (χ3v) is 20.2. The lowest BCUT2D eigenvalue weighted by molar-refractivity contribution is -0.358. The smallest absolute Gasteiger partial charge is 0.268 e. The van der Waals surface area contributed by atoms with Gasteiger partial charge in [-0.3, -0.25) is 0 Å². The Morgan fingerprint density at radius 1 is 0.614 bits per heavy atom. The summed E-state index contributed by atoms with van der Waals surface area (Å²) in [6.45, 7) is 7.27. The molecule has 1 aromatic heterocycles. The second kappa shape index (κ2) is 21.6. The van der Waals surface area contributed by atoms with Crippen LogP contribution < -0.4 is 10.4 Å². The summed E-state index contributed by atoms with van der Waals surface area (Å²) < 4.78 is 66.0. The second-order valence-corrected chi connectivity index (χ2v) is 25.1. The van der Waals surface area contributed by atoms with Crippen molar-refractivity contribution in [2.75, 3.05) is 6.61 Å². The largest absolute Gasteiger partial charge is 0.405 e. The highest BCUT2D eigenvalue weighted by molar-refractivity contribution is 7.90. The van der Waals surface area contributed by atoms with E-state index in [2.05, 4.69) is 69.3 Å². The van der Waals surface area contributed by atoms with Gasteiger partial charge in [-0.15, -0.1) is 0 Å². The molecule has 1 aliphatic rings. The van der Waals surface area contributed by atoms with Gasteiger partial charge >= 0.3 is 0 Å². The van der Waals surface area contributed by atoms with Crippen LogP contribution >= 0.6 is 0 Å². The summed E-state index contributed by atoms with van der Waals surface area (Å²) in [6, 6.07) is 66.5. The van der Waals surface area contributed by atoms with Gasteiger partial charge in [-0.1, -0.05) is 209 Å². The summed E-state index contributed by atoms with van der Waals surface area (Å²) in [7, 11) is -7.10. The standard InChI is InChI=1S/C59H61NO8SSi/c1-58(2,3)70(50-32-18-8-19-33-50,51-34-20-9-21-35-51)67-44-54-55(64-41-45-24-10-4-11-25-45)56(65-42-46-26-12-5-13-27-46)59(57(61)68-54,66-43-47-28-14-6-15-29-47)39-38-48-40-60(53-37-23-22-36-52(48)53)69(62,63)49-30-16-7-17-31-49/h4-37,40,54-57,61H,38-39,41-44H2,1-3H3/t54-,55-,56+,57-,59-/m1/s1. The predicted molar refractivity (Wildman–Crippen MR) is 278 cm³/mol. The van der Waals surface area contributed by atoms with Gasteiger partial charge in [-0.2, -0.15) is 0 Å². The normalized spacial score (nSPS) is 19.8. The van der Waals surface area contributed by atoms with Gasteiger partial charge in [-0.05, 0) is 68.7 Å². The van der Waals surface area contributed by atoms with Crippen molar-refractivity contribution in [2.24, 2.45) is 0 Å². The number of ether oxygens (including phenoxy) is 4. The zero-order valence-electron chi connectivity index (χ0n) is 39.9. The van der Waals surface area contributed by atoms with E-state index in [0.717, 1.165) is 38.0 Å². The van der Waals surface area contributed by atoms with Crippen molar-refractivity contribution >= 4 is 39.6 Å². The molecule has 1 saturated heterocycles. The zero-order valence-corrected chi connectivity index (χ0v) is 41.7. The SMILES string of the molecule is CC(C)(C)[Si](OC[C@H]1O[C@@H](O)[C@](CCc2cn(S(=O)(=O)c3ccccc3)c3ccccc23)(OCc2ccccc2)[C@@H](OCc2ccccc2)[C@@H]1OCc1ccccc1)(c1ccccc1)c1ccccc1. The number of aliphatic hydroxyl groups excluding tert-OH is 1. The molecule has 8 aromatic rings. The minimum Gasteiger partial charge on any atom is -0.405 e. The number of hydrogen-bond donors (Lipinski definition) is 1. The van der Waals surface area contributed by atoms with Gasteiger partial charge in [-0.25, -0.2) is 12.4 Å². The molecule has 11 heteroatoms. The van der Waals surface area contributed by atoms with Crippen molar-refractivity contribution in [2.45, 2.75) is 93.6 Å². The number of rotatable bonds is 19. The maximum atomic E-state index is 14.3. The lowest BCUT2D eigenvalue weighted by atomic mass is 9.81. The Balaban J connectivity index is 1.16. The van der Waals surface area contributed by atoms with Gasteiger partial charge in [0, 0.05) is 11.6 Å². The maximum Gasteiger partial charge on any atom is 0.268 e. The molecule has 9 nitrogen and oxygen atoms in total. The van der Waals surface area contributed by atoms with Crippen molar-refractivity contribution in [1.82, 2.24) is 3.97 Å². The first-order chi connectivity index (χ1) is 34.0. The average Bonchev–Trinajstić information content (AvgIpc) is 3.78. The number of fused-ring (bicyclic) bond motifs is 1. The molecule has 1 fully saturated rings. The Morgan fingerprint density at radius 3 is 1.63 bits per heavy atom. The van der Waals surface area contributed by atoms with Gasteiger partial charge < -0.3 is 28.5 Å². The fraction of sp³-hybridized carbons (Fsp3) is 0.254. The molecule has 0 spiro atoms. The Kier molecular flexibility index (Phi) is 15.1. The van der Waals surface area contributed by atoms with E-state index in [1.807, 2.05) is 127 Å². The van der Waals surface area contributed by atoms with Gasteiger partial charge in [0.05, 0.1) is 36.8 Å². The highest BCUT2D eigenvalue weighted by Gasteiger charge is 2.59. The van der Waals surface area contributed by atoms with Gasteiger partial charge in [0.2, 0.25) is 0 Å². The second-order valence-electron chi connectivity index (χ2n) is 19.0. The van der Waals surface area contributed by atoms with E-state index in [9.17, 15) is 13.5 Å². The maximum absolute atomic E-state index is 14.3. The van der Waals surface area contributed by atoms with Gasteiger partial charge in [0.1, 0.15) is 23.9 Å². The quantitative estimate of drug-likeness (QED) is 0.0799. The molecule has 5 atom stereocenters. The number of aryl methyl sites for hydroxylation is 1. The topological polar surface area (TPSA) is 105 Å². The third kappa shape index (κ3) is 10.3.